The van der Waals surface area contributed by atoms with E-state index in [-0.39, 0.29) is 36.3 Å². The number of piperidine rings is 1. The molecule has 0 spiro atoms. The number of aromatic amines is 1. The molecule has 6 heteroatoms. The maximum atomic E-state index is 12.4. The normalized spacial score (nSPS) is 24.6. The summed E-state index contributed by atoms with van der Waals surface area (Å²) >= 11 is 0. The molecule has 5 nitrogen and oxygen atoms in total. The number of methoxy groups -OCH3 is 2. The van der Waals surface area contributed by atoms with Gasteiger partial charge in [-0.2, -0.15) is 0 Å². The SMILES string of the molecule is C=C[C@H]1CN2CCc3c([nH]c4ccccc34)[C@@H]2C[C@@H]1/C(=C/OC)C(=O)OC.Cl. The van der Waals surface area contributed by atoms with Crippen molar-refractivity contribution in [3.05, 3.63) is 60.0 Å². The van der Waals surface area contributed by atoms with Gasteiger partial charge in [-0.3, -0.25) is 4.90 Å². The van der Waals surface area contributed by atoms with E-state index in [1.165, 1.54) is 35.5 Å². The van der Waals surface area contributed by atoms with Crippen molar-refractivity contribution in [1.29, 1.82) is 0 Å². The van der Waals surface area contributed by atoms with Crippen LogP contribution in [-0.4, -0.2) is 43.2 Å². The van der Waals surface area contributed by atoms with Crippen molar-refractivity contribution in [1.82, 2.24) is 9.88 Å². The Morgan fingerprint density at radius 1 is 1.32 bits per heavy atom. The third kappa shape index (κ3) is 3.33. The molecule has 3 heterocycles. The number of rotatable bonds is 4. The number of nitrogens with zero attached hydrogens (tertiary/aromatic N) is 1. The van der Waals surface area contributed by atoms with Gasteiger partial charge < -0.3 is 14.5 Å². The quantitative estimate of drug-likeness (QED) is 0.363. The minimum Gasteiger partial charge on any atom is -0.504 e. The Morgan fingerprint density at radius 3 is 2.82 bits per heavy atom. The minimum absolute atomic E-state index is 0. The molecular weight excluding hydrogens is 376 g/mol. The molecule has 1 N–H and O–H groups in total. The summed E-state index contributed by atoms with van der Waals surface area (Å²) in [6.45, 7) is 5.93. The second kappa shape index (κ2) is 8.41. The van der Waals surface area contributed by atoms with Crippen molar-refractivity contribution in [2.45, 2.75) is 18.9 Å². The molecule has 1 saturated heterocycles. The number of carbonyl (C=O) groups excluding carboxylic acids is 1. The average molecular weight is 403 g/mol. The molecule has 0 amide bonds. The molecule has 2 aliphatic heterocycles. The molecule has 0 radical (unpaired) electrons. The lowest BCUT2D eigenvalue weighted by molar-refractivity contribution is -0.137. The van der Waals surface area contributed by atoms with E-state index in [0.29, 0.717) is 5.57 Å². The molecule has 4 rings (SSSR count). The highest BCUT2D eigenvalue weighted by molar-refractivity contribution is 5.89. The van der Waals surface area contributed by atoms with Gasteiger partial charge in [0.2, 0.25) is 0 Å². The van der Waals surface area contributed by atoms with Crippen LogP contribution in [-0.2, 0) is 20.7 Å². The van der Waals surface area contributed by atoms with Crippen molar-refractivity contribution in [2.24, 2.45) is 11.8 Å². The number of H-pyrrole nitrogens is 1. The first-order chi connectivity index (χ1) is 13.2. The van der Waals surface area contributed by atoms with E-state index >= 15 is 0 Å². The number of hydrogen-bond donors (Lipinski definition) is 1. The van der Waals surface area contributed by atoms with E-state index in [2.05, 4.69) is 40.7 Å². The van der Waals surface area contributed by atoms with Gasteiger partial charge in [0.15, 0.2) is 0 Å². The molecule has 0 saturated carbocycles. The van der Waals surface area contributed by atoms with Gasteiger partial charge in [-0.25, -0.2) is 4.79 Å². The summed E-state index contributed by atoms with van der Waals surface area (Å²) in [4.78, 5) is 18.5. The average Bonchev–Trinajstić information content (AvgIpc) is 3.09. The van der Waals surface area contributed by atoms with Crippen LogP contribution in [0.5, 0.6) is 0 Å². The maximum absolute atomic E-state index is 12.4. The van der Waals surface area contributed by atoms with Crippen molar-refractivity contribution in [3.8, 4) is 0 Å². The zero-order valence-electron chi connectivity index (χ0n) is 16.3. The fourth-order valence-electron chi connectivity index (χ4n) is 4.80. The van der Waals surface area contributed by atoms with Crippen LogP contribution in [0.2, 0.25) is 0 Å². The number of nitrogens with one attached hydrogen (secondary N) is 1. The Labute approximate surface area is 171 Å². The monoisotopic (exact) mass is 402 g/mol. The molecule has 150 valence electrons. The van der Waals surface area contributed by atoms with Gasteiger partial charge in [-0.05, 0) is 30.4 Å². The number of esters is 1. The van der Waals surface area contributed by atoms with E-state index in [9.17, 15) is 4.79 Å². The van der Waals surface area contributed by atoms with Gasteiger partial charge in [-0.1, -0.05) is 24.3 Å². The van der Waals surface area contributed by atoms with Crippen molar-refractivity contribution in [3.63, 3.8) is 0 Å². The number of hydrogen-bond acceptors (Lipinski definition) is 4. The molecule has 3 atom stereocenters. The third-order valence-corrected chi connectivity index (χ3v) is 6.08. The number of aromatic nitrogens is 1. The van der Waals surface area contributed by atoms with Crippen molar-refractivity contribution < 1.29 is 14.3 Å². The maximum Gasteiger partial charge on any atom is 0.337 e. The Hall–Kier alpha value is -2.24. The molecule has 0 bridgehead atoms. The Bertz CT molecular complexity index is 904. The second-order valence-corrected chi connectivity index (χ2v) is 7.37. The van der Waals surface area contributed by atoms with Gasteiger partial charge >= 0.3 is 5.97 Å². The number of para-hydroxylation sites is 1. The Kier molecular flexibility index (Phi) is 6.16. The van der Waals surface area contributed by atoms with E-state index in [0.717, 1.165) is 25.9 Å². The number of carbonyl (C=O) groups is 1. The summed E-state index contributed by atoms with van der Waals surface area (Å²) in [6, 6.07) is 8.74. The van der Waals surface area contributed by atoms with Gasteiger partial charge in [0.25, 0.3) is 0 Å². The topological polar surface area (TPSA) is 54.6 Å². The van der Waals surface area contributed by atoms with Crippen LogP contribution in [0.1, 0.15) is 23.7 Å². The highest BCUT2D eigenvalue weighted by Gasteiger charge is 2.42. The summed E-state index contributed by atoms with van der Waals surface area (Å²) in [7, 11) is 2.98. The highest BCUT2D eigenvalue weighted by atomic mass is 35.5. The molecule has 1 aromatic carbocycles. The predicted molar refractivity (Wildman–Crippen MR) is 112 cm³/mol. The lowest BCUT2D eigenvalue weighted by Crippen LogP contribution is -2.46. The van der Waals surface area contributed by atoms with Crippen LogP contribution < -0.4 is 0 Å². The predicted octanol–water partition coefficient (Wildman–Crippen LogP) is 4.01. The van der Waals surface area contributed by atoms with E-state index in [1.54, 1.807) is 7.11 Å². The van der Waals surface area contributed by atoms with E-state index < -0.39 is 0 Å². The van der Waals surface area contributed by atoms with Crippen LogP contribution in [0.3, 0.4) is 0 Å². The van der Waals surface area contributed by atoms with Gasteiger partial charge in [0.05, 0.1) is 32.1 Å². The van der Waals surface area contributed by atoms with E-state index in [4.69, 9.17) is 9.47 Å². The van der Waals surface area contributed by atoms with Crippen molar-refractivity contribution >= 4 is 29.3 Å². The van der Waals surface area contributed by atoms with Crippen LogP contribution in [0.25, 0.3) is 10.9 Å². The zero-order valence-corrected chi connectivity index (χ0v) is 17.1. The summed E-state index contributed by atoms with van der Waals surface area (Å²) in [6.07, 6.45) is 5.38. The Morgan fingerprint density at radius 2 is 2.11 bits per heavy atom. The molecule has 1 fully saturated rings. The number of halogens is 1. The van der Waals surface area contributed by atoms with Gasteiger partial charge in [0.1, 0.15) is 0 Å². The summed E-state index contributed by atoms with van der Waals surface area (Å²) in [5.41, 5.74) is 4.48. The number of benzene rings is 1. The zero-order chi connectivity index (χ0) is 19.0. The molecule has 2 aliphatic rings. The molecule has 28 heavy (non-hydrogen) atoms. The fourth-order valence-corrected chi connectivity index (χ4v) is 4.80. The largest absolute Gasteiger partial charge is 0.504 e. The number of ether oxygens (including phenoxy) is 2. The molecule has 2 aromatic rings. The first-order valence-corrected chi connectivity index (χ1v) is 9.45. The minimum atomic E-state index is -0.324. The number of fused-ring (bicyclic) bond motifs is 5. The fraction of sp³-hybridized carbons (Fsp3) is 0.409. The summed E-state index contributed by atoms with van der Waals surface area (Å²) in [5, 5.41) is 1.31. The molecule has 1 aromatic heterocycles. The molecular formula is C22H27ClN2O3. The highest BCUT2D eigenvalue weighted by Crippen LogP contribution is 2.45. The van der Waals surface area contributed by atoms with Crippen LogP contribution in [0, 0.1) is 11.8 Å². The summed E-state index contributed by atoms with van der Waals surface area (Å²) < 4.78 is 10.2. The van der Waals surface area contributed by atoms with Crippen LogP contribution in [0.15, 0.2) is 48.8 Å². The van der Waals surface area contributed by atoms with Crippen LogP contribution >= 0.6 is 12.4 Å². The lowest BCUT2D eigenvalue weighted by Gasteiger charge is -2.45. The lowest BCUT2D eigenvalue weighted by atomic mass is 9.75. The van der Waals surface area contributed by atoms with Crippen molar-refractivity contribution in [2.75, 3.05) is 27.3 Å². The molecule has 0 unspecified atom stereocenters. The van der Waals surface area contributed by atoms with Gasteiger partial charge in [-0.15, -0.1) is 19.0 Å². The van der Waals surface area contributed by atoms with Crippen LogP contribution in [0.4, 0.5) is 0 Å². The second-order valence-electron chi connectivity index (χ2n) is 7.37. The summed E-state index contributed by atoms with van der Waals surface area (Å²) in [5.74, 6) is -0.115. The Balaban J connectivity index is 0.00000225. The first-order valence-electron chi connectivity index (χ1n) is 9.45. The van der Waals surface area contributed by atoms with Gasteiger partial charge in [0, 0.05) is 35.6 Å². The van der Waals surface area contributed by atoms with E-state index in [1.807, 2.05) is 6.08 Å². The molecule has 0 aliphatic carbocycles. The standard InChI is InChI=1S/C22H26N2O3.ClH/c1-4-14-12-24-10-9-16-15-7-5-6-8-19(15)23-21(16)20(24)11-17(14)18(13-26-2)22(25)27-3;/h4-8,13-14,17,20,23H,1,9-12H2,2-3H3;1H/b18-13-;/t14-,17-,20-;/m0./s1. The third-order valence-electron chi connectivity index (χ3n) is 6.08. The smallest absolute Gasteiger partial charge is 0.337 e. The first kappa shape index (κ1) is 20.5.